The molecule has 0 amide bonds. The molecule has 0 aliphatic heterocycles. The Morgan fingerprint density at radius 3 is 2.69 bits per heavy atom. The highest BCUT2D eigenvalue weighted by molar-refractivity contribution is 6.31. The highest BCUT2D eigenvalue weighted by Crippen LogP contribution is 2.28. The van der Waals surface area contributed by atoms with E-state index < -0.39 is 24.0 Å². The lowest BCUT2D eigenvalue weighted by molar-refractivity contribution is -0.136. The summed E-state index contributed by atoms with van der Waals surface area (Å²) < 4.78 is 12.7. The van der Waals surface area contributed by atoms with Crippen molar-refractivity contribution in [3.05, 3.63) is 28.5 Å². The number of carboxylic acid groups (broad SMARTS) is 1. The fourth-order valence-corrected chi connectivity index (χ4v) is 1.12. The molecule has 1 aromatic rings. The van der Waals surface area contributed by atoms with Gasteiger partial charge < -0.3 is 10.2 Å². The smallest absolute Gasteiger partial charge is 0.308 e. The molecule has 0 radical (unpaired) electrons. The van der Waals surface area contributed by atoms with Crippen molar-refractivity contribution in [2.24, 2.45) is 0 Å². The van der Waals surface area contributed by atoms with Crippen LogP contribution < -0.4 is 0 Å². The van der Waals surface area contributed by atoms with E-state index in [1.807, 2.05) is 0 Å². The molecule has 0 spiro atoms. The lowest BCUT2D eigenvalue weighted by Gasteiger charge is -2.04. The minimum atomic E-state index is -1.18. The first-order chi connectivity index (χ1) is 6.02. The quantitative estimate of drug-likeness (QED) is 0.773. The third kappa shape index (κ3) is 2.09. The lowest BCUT2D eigenvalue weighted by atomic mass is 10.1. The Hall–Kier alpha value is -1.29. The molecule has 0 aliphatic rings. The van der Waals surface area contributed by atoms with Crippen molar-refractivity contribution in [1.29, 1.82) is 0 Å². The van der Waals surface area contributed by atoms with Crippen LogP contribution in [0.3, 0.4) is 0 Å². The SMILES string of the molecule is O=C(O)Cc1c(Cl)ccc(F)c1O. The molecule has 3 nitrogen and oxygen atoms in total. The van der Waals surface area contributed by atoms with Crippen molar-refractivity contribution in [3.63, 3.8) is 0 Å². The maximum absolute atomic E-state index is 12.7. The van der Waals surface area contributed by atoms with Crippen LogP contribution in [0.4, 0.5) is 4.39 Å². The number of aromatic hydroxyl groups is 1. The molecule has 70 valence electrons. The number of hydrogen-bond donors (Lipinski definition) is 2. The predicted octanol–water partition coefficient (Wildman–Crippen LogP) is 1.81. The lowest BCUT2D eigenvalue weighted by Crippen LogP contribution is -2.01. The van der Waals surface area contributed by atoms with Crippen LogP contribution in [0.2, 0.25) is 5.02 Å². The van der Waals surface area contributed by atoms with E-state index in [1.165, 1.54) is 6.07 Å². The Balaban J connectivity index is 3.17. The zero-order valence-electron chi connectivity index (χ0n) is 6.42. The fraction of sp³-hybridized carbons (Fsp3) is 0.125. The summed E-state index contributed by atoms with van der Waals surface area (Å²) >= 11 is 5.56. The molecule has 0 bridgehead atoms. The first kappa shape index (κ1) is 9.80. The van der Waals surface area contributed by atoms with Gasteiger partial charge in [-0.1, -0.05) is 11.6 Å². The molecule has 5 heteroatoms. The standard InChI is InChI=1S/C8H6ClFO3/c9-5-1-2-6(10)8(13)4(5)3-7(11)12/h1-2,13H,3H2,(H,11,12). The van der Waals surface area contributed by atoms with Gasteiger partial charge in [-0.2, -0.15) is 0 Å². The van der Waals surface area contributed by atoms with Gasteiger partial charge in [-0.3, -0.25) is 4.79 Å². The zero-order valence-corrected chi connectivity index (χ0v) is 7.18. The molecule has 0 saturated heterocycles. The van der Waals surface area contributed by atoms with Gasteiger partial charge in [0.25, 0.3) is 0 Å². The molecule has 0 aromatic heterocycles. The normalized spacial score (nSPS) is 10.0. The van der Waals surface area contributed by atoms with Crippen molar-refractivity contribution < 1.29 is 19.4 Å². The number of benzene rings is 1. The van der Waals surface area contributed by atoms with Crippen LogP contribution in [0, 0.1) is 5.82 Å². The van der Waals surface area contributed by atoms with E-state index in [9.17, 15) is 9.18 Å². The second-order valence-corrected chi connectivity index (χ2v) is 2.83. The van der Waals surface area contributed by atoms with Crippen LogP contribution >= 0.6 is 11.6 Å². The van der Waals surface area contributed by atoms with Gasteiger partial charge >= 0.3 is 5.97 Å². The largest absolute Gasteiger partial charge is 0.505 e. The molecule has 0 unspecified atom stereocenters. The summed E-state index contributed by atoms with van der Waals surface area (Å²) in [5, 5.41) is 17.6. The molecule has 2 N–H and O–H groups in total. The van der Waals surface area contributed by atoms with Crippen LogP contribution in [-0.4, -0.2) is 16.2 Å². The number of carbonyl (C=O) groups is 1. The molecule has 0 fully saturated rings. The van der Waals surface area contributed by atoms with Gasteiger partial charge in [-0.05, 0) is 12.1 Å². The second kappa shape index (κ2) is 3.62. The summed E-state index contributed by atoms with van der Waals surface area (Å²) in [5.74, 6) is -2.75. The molecule has 0 atom stereocenters. The molecular formula is C8H6ClFO3. The van der Waals surface area contributed by atoms with Gasteiger partial charge in [0, 0.05) is 10.6 Å². The monoisotopic (exact) mass is 204 g/mol. The average molecular weight is 205 g/mol. The first-order valence-corrected chi connectivity index (χ1v) is 3.78. The summed E-state index contributed by atoms with van der Waals surface area (Å²) in [6.07, 6.45) is -0.498. The van der Waals surface area contributed by atoms with Crippen LogP contribution in [0.5, 0.6) is 5.75 Å². The third-order valence-corrected chi connectivity index (χ3v) is 1.86. The number of rotatable bonds is 2. The summed E-state index contributed by atoms with van der Waals surface area (Å²) in [6, 6.07) is 2.18. The average Bonchev–Trinajstić information content (AvgIpc) is 2.05. The molecule has 1 aromatic carbocycles. The van der Waals surface area contributed by atoms with E-state index in [-0.39, 0.29) is 10.6 Å². The Morgan fingerprint density at radius 2 is 2.15 bits per heavy atom. The number of carboxylic acids is 1. The Morgan fingerprint density at radius 1 is 1.54 bits per heavy atom. The van der Waals surface area contributed by atoms with E-state index in [0.717, 1.165) is 6.07 Å². The predicted molar refractivity (Wildman–Crippen MR) is 44.4 cm³/mol. The summed E-state index contributed by atoms with van der Waals surface area (Å²) in [7, 11) is 0. The fourth-order valence-electron chi connectivity index (χ4n) is 0.902. The van der Waals surface area contributed by atoms with Crippen molar-refractivity contribution in [2.45, 2.75) is 6.42 Å². The van der Waals surface area contributed by atoms with Gasteiger partial charge in [-0.15, -0.1) is 0 Å². The van der Waals surface area contributed by atoms with Crippen LogP contribution in [0.15, 0.2) is 12.1 Å². The van der Waals surface area contributed by atoms with Gasteiger partial charge in [-0.25, -0.2) is 4.39 Å². The molecule has 0 saturated carbocycles. The van der Waals surface area contributed by atoms with Crippen LogP contribution in [0.25, 0.3) is 0 Å². The minimum Gasteiger partial charge on any atom is -0.505 e. The van der Waals surface area contributed by atoms with Gasteiger partial charge in [0.15, 0.2) is 11.6 Å². The van der Waals surface area contributed by atoms with Crippen molar-refractivity contribution >= 4 is 17.6 Å². The third-order valence-electron chi connectivity index (χ3n) is 1.50. The highest BCUT2D eigenvalue weighted by Gasteiger charge is 2.13. The number of halogens is 2. The van der Waals surface area contributed by atoms with E-state index in [1.54, 1.807) is 0 Å². The Kier molecular flexibility index (Phi) is 2.72. The molecular weight excluding hydrogens is 199 g/mol. The number of phenols is 1. The second-order valence-electron chi connectivity index (χ2n) is 2.43. The van der Waals surface area contributed by atoms with E-state index >= 15 is 0 Å². The van der Waals surface area contributed by atoms with Gasteiger partial charge in [0.2, 0.25) is 0 Å². The Labute approximate surface area is 78.4 Å². The van der Waals surface area contributed by atoms with Gasteiger partial charge in [0.05, 0.1) is 6.42 Å². The van der Waals surface area contributed by atoms with E-state index in [4.69, 9.17) is 21.8 Å². The van der Waals surface area contributed by atoms with Crippen molar-refractivity contribution in [3.8, 4) is 5.75 Å². The van der Waals surface area contributed by atoms with Crippen molar-refractivity contribution in [1.82, 2.24) is 0 Å². The number of hydrogen-bond acceptors (Lipinski definition) is 2. The zero-order chi connectivity index (χ0) is 10.0. The topological polar surface area (TPSA) is 57.5 Å². The van der Waals surface area contributed by atoms with Crippen LogP contribution in [-0.2, 0) is 11.2 Å². The molecule has 1 rings (SSSR count). The number of aliphatic carboxylic acids is 1. The summed E-state index contributed by atoms with van der Waals surface area (Å²) in [5.41, 5.74) is -0.103. The first-order valence-electron chi connectivity index (χ1n) is 3.40. The summed E-state index contributed by atoms with van der Waals surface area (Å²) in [4.78, 5) is 10.3. The highest BCUT2D eigenvalue weighted by atomic mass is 35.5. The summed E-state index contributed by atoms with van der Waals surface area (Å²) in [6.45, 7) is 0. The minimum absolute atomic E-state index is 0.0429. The van der Waals surface area contributed by atoms with Crippen molar-refractivity contribution in [2.75, 3.05) is 0 Å². The van der Waals surface area contributed by atoms with Crippen LogP contribution in [0.1, 0.15) is 5.56 Å². The van der Waals surface area contributed by atoms with E-state index in [2.05, 4.69) is 0 Å². The number of phenolic OH excluding ortho intramolecular Hbond substituents is 1. The van der Waals surface area contributed by atoms with Gasteiger partial charge in [0.1, 0.15) is 0 Å². The molecule has 0 heterocycles. The molecule has 0 aliphatic carbocycles. The van der Waals surface area contributed by atoms with E-state index in [0.29, 0.717) is 0 Å². The maximum atomic E-state index is 12.7. The Bertz CT molecular complexity index is 351. The maximum Gasteiger partial charge on any atom is 0.308 e. The molecule has 13 heavy (non-hydrogen) atoms.